The van der Waals surface area contributed by atoms with Crippen LogP contribution in [0, 0.1) is 13.8 Å². The van der Waals surface area contributed by atoms with Crippen molar-refractivity contribution in [1.82, 2.24) is 10.2 Å². The molecule has 1 aliphatic heterocycles. The third kappa shape index (κ3) is 2.35. The molecule has 20 heavy (non-hydrogen) atoms. The fourth-order valence-electron chi connectivity index (χ4n) is 2.82. The molecule has 5 heteroatoms. The average Bonchev–Trinajstić information content (AvgIpc) is 2.66. The van der Waals surface area contributed by atoms with Crippen LogP contribution in [0.2, 0.25) is 0 Å². The van der Waals surface area contributed by atoms with E-state index in [0.29, 0.717) is 0 Å². The van der Waals surface area contributed by atoms with Gasteiger partial charge in [-0.15, -0.1) is 11.3 Å². The summed E-state index contributed by atoms with van der Waals surface area (Å²) in [6, 6.07) is 1.59. The predicted octanol–water partition coefficient (Wildman–Crippen LogP) is 2.55. The minimum atomic E-state index is -0.836. The van der Waals surface area contributed by atoms with Crippen molar-refractivity contribution in [2.45, 2.75) is 59.2 Å². The lowest BCUT2D eigenvalue weighted by atomic mass is 9.94. The fourth-order valence-corrected chi connectivity index (χ4v) is 3.83. The van der Waals surface area contributed by atoms with E-state index in [2.05, 4.69) is 25.2 Å². The summed E-state index contributed by atoms with van der Waals surface area (Å²) in [4.78, 5) is 28.9. The lowest BCUT2D eigenvalue weighted by molar-refractivity contribution is -0.155. The van der Waals surface area contributed by atoms with Gasteiger partial charge in [-0.1, -0.05) is 0 Å². The number of nitrogens with zero attached hydrogens (tertiary/aromatic N) is 1. The first-order valence-corrected chi connectivity index (χ1v) is 7.68. The number of amides is 2. The Bertz CT molecular complexity index is 562. The topological polar surface area (TPSA) is 49.4 Å². The van der Waals surface area contributed by atoms with Crippen molar-refractivity contribution in [2.75, 3.05) is 0 Å². The number of hydrogen-bond donors (Lipinski definition) is 1. The number of aryl methyl sites for hydroxylation is 2. The Kier molecular flexibility index (Phi) is 3.67. The quantitative estimate of drug-likeness (QED) is 0.911. The van der Waals surface area contributed by atoms with Crippen LogP contribution >= 0.6 is 11.3 Å². The van der Waals surface area contributed by atoms with E-state index < -0.39 is 11.6 Å². The molecule has 1 N–H and O–H groups in total. The molecule has 0 bridgehead atoms. The van der Waals surface area contributed by atoms with Crippen molar-refractivity contribution in [1.29, 1.82) is 0 Å². The number of rotatable bonds is 2. The predicted molar refractivity (Wildman–Crippen MR) is 80.7 cm³/mol. The molecule has 110 valence electrons. The summed E-state index contributed by atoms with van der Waals surface area (Å²) in [6.45, 7) is 11.4. The second kappa shape index (κ2) is 4.88. The highest BCUT2D eigenvalue weighted by molar-refractivity contribution is 7.12. The SMILES string of the molecule is Cc1cc(C(C)N2C(=O)C(C)(C)NC(=O)C2C)c(C)s1. The zero-order valence-corrected chi connectivity index (χ0v) is 13.7. The zero-order chi connectivity index (χ0) is 15.2. The molecule has 0 spiro atoms. The Morgan fingerprint density at radius 1 is 1.35 bits per heavy atom. The van der Waals surface area contributed by atoms with Gasteiger partial charge >= 0.3 is 0 Å². The van der Waals surface area contributed by atoms with Gasteiger partial charge in [-0.25, -0.2) is 0 Å². The minimum Gasteiger partial charge on any atom is -0.340 e. The van der Waals surface area contributed by atoms with E-state index >= 15 is 0 Å². The van der Waals surface area contributed by atoms with Gasteiger partial charge in [0.05, 0.1) is 6.04 Å². The lowest BCUT2D eigenvalue weighted by Gasteiger charge is -2.44. The van der Waals surface area contributed by atoms with Gasteiger partial charge in [0.15, 0.2) is 0 Å². The number of carbonyl (C=O) groups excluding carboxylic acids is 2. The van der Waals surface area contributed by atoms with E-state index in [4.69, 9.17) is 0 Å². The number of nitrogens with one attached hydrogen (secondary N) is 1. The van der Waals surface area contributed by atoms with Gasteiger partial charge in [0.25, 0.3) is 0 Å². The first-order chi connectivity index (χ1) is 9.15. The smallest absolute Gasteiger partial charge is 0.248 e. The second-order valence-corrected chi connectivity index (χ2v) is 7.51. The van der Waals surface area contributed by atoms with Gasteiger partial charge < -0.3 is 10.2 Å². The highest BCUT2D eigenvalue weighted by Gasteiger charge is 2.45. The van der Waals surface area contributed by atoms with Crippen molar-refractivity contribution in [3.8, 4) is 0 Å². The molecule has 0 saturated carbocycles. The summed E-state index contributed by atoms with van der Waals surface area (Å²) in [5.74, 6) is -0.119. The van der Waals surface area contributed by atoms with Crippen LogP contribution in [0.5, 0.6) is 0 Å². The van der Waals surface area contributed by atoms with E-state index in [1.54, 1.807) is 37.0 Å². The molecule has 2 rings (SSSR count). The van der Waals surface area contributed by atoms with Crippen LogP contribution in [0.4, 0.5) is 0 Å². The summed E-state index contributed by atoms with van der Waals surface area (Å²) in [5, 5.41) is 2.78. The number of carbonyl (C=O) groups is 2. The third-order valence-electron chi connectivity index (χ3n) is 3.95. The summed E-state index contributed by atoms with van der Waals surface area (Å²) in [7, 11) is 0. The van der Waals surface area contributed by atoms with E-state index in [0.717, 1.165) is 5.56 Å². The van der Waals surface area contributed by atoms with Gasteiger partial charge in [0.2, 0.25) is 11.8 Å². The van der Waals surface area contributed by atoms with E-state index in [1.165, 1.54) is 9.75 Å². The molecule has 2 amide bonds. The Labute approximate surface area is 124 Å². The Morgan fingerprint density at radius 2 is 1.95 bits per heavy atom. The molecule has 0 radical (unpaired) electrons. The molecular formula is C15H22N2O2S. The molecule has 2 unspecified atom stereocenters. The molecule has 1 saturated heterocycles. The van der Waals surface area contributed by atoms with Gasteiger partial charge in [0.1, 0.15) is 11.6 Å². The maximum atomic E-state index is 12.7. The van der Waals surface area contributed by atoms with Gasteiger partial charge in [0, 0.05) is 9.75 Å². The lowest BCUT2D eigenvalue weighted by Crippen LogP contribution is -2.67. The van der Waals surface area contributed by atoms with Crippen LogP contribution in [0.25, 0.3) is 0 Å². The van der Waals surface area contributed by atoms with E-state index in [1.807, 2.05) is 6.92 Å². The van der Waals surface area contributed by atoms with E-state index in [-0.39, 0.29) is 17.9 Å². The summed E-state index contributed by atoms with van der Waals surface area (Å²) >= 11 is 1.73. The number of thiophene rings is 1. The van der Waals surface area contributed by atoms with Crippen LogP contribution < -0.4 is 5.32 Å². The first-order valence-electron chi connectivity index (χ1n) is 6.87. The third-order valence-corrected chi connectivity index (χ3v) is 4.93. The summed E-state index contributed by atoms with van der Waals surface area (Å²) in [6.07, 6.45) is 0. The molecule has 2 atom stereocenters. The number of piperazine rings is 1. The standard InChI is InChI=1S/C15H22N2O2S/c1-8-7-12(11(4)20-8)9(2)17-10(3)13(18)16-15(5,6)14(17)19/h7,9-10H,1-6H3,(H,16,18). The zero-order valence-electron chi connectivity index (χ0n) is 12.9. The normalized spacial score (nSPS) is 23.7. The molecular weight excluding hydrogens is 272 g/mol. The van der Waals surface area contributed by atoms with Crippen LogP contribution in [-0.2, 0) is 9.59 Å². The summed E-state index contributed by atoms with van der Waals surface area (Å²) < 4.78 is 0. The molecule has 1 fully saturated rings. The Hall–Kier alpha value is -1.36. The van der Waals surface area contributed by atoms with Crippen LogP contribution in [0.1, 0.15) is 49.1 Å². The van der Waals surface area contributed by atoms with Gasteiger partial charge in [-0.3, -0.25) is 9.59 Å². The van der Waals surface area contributed by atoms with Gasteiger partial charge in [-0.05, 0) is 53.2 Å². The summed E-state index contributed by atoms with van der Waals surface area (Å²) in [5.41, 5.74) is 0.301. The minimum absolute atomic E-state index is 0.0275. The molecule has 0 aromatic carbocycles. The average molecular weight is 294 g/mol. The van der Waals surface area contributed by atoms with Crippen molar-refractivity contribution in [3.63, 3.8) is 0 Å². The Morgan fingerprint density at radius 3 is 2.45 bits per heavy atom. The molecule has 1 aromatic heterocycles. The van der Waals surface area contributed by atoms with E-state index in [9.17, 15) is 9.59 Å². The van der Waals surface area contributed by atoms with Crippen molar-refractivity contribution in [3.05, 3.63) is 21.4 Å². The van der Waals surface area contributed by atoms with Crippen LogP contribution in [0.3, 0.4) is 0 Å². The molecule has 4 nitrogen and oxygen atoms in total. The van der Waals surface area contributed by atoms with Gasteiger partial charge in [-0.2, -0.15) is 0 Å². The van der Waals surface area contributed by atoms with Crippen LogP contribution in [-0.4, -0.2) is 28.3 Å². The maximum absolute atomic E-state index is 12.7. The van der Waals surface area contributed by atoms with Crippen molar-refractivity contribution in [2.24, 2.45) is 0 Å². The fraction of sp³-hybridized carbons (Fsp3) is 0.600. The highest BCUT2D eigenvalue weighted by atomic mass is 32.1. The molecule has 1 aromatic rings. The molecule has 1 aliphatic rings. The molecule has 0 aliphatic carbocycles. The van der Waals surface area contributed by atoms with Crippen molar-refractivity contribution < 1.29 is 9.59 Å². The second-order valence-electron chi connectivity index (χ2n) is 6.05. The monoisotopic (exact) mass is 294 g/mol. The largest absolute Gasteiger partial charge is 0.340 e. The number of hydrogen-bond acceptors (Lipinski definition) is 3. The van der Waals surface area contributed by atoms with Crippen molar-refractivity contribution >= 4 is 23.2 Å². The maximum Gasteiger partial charge on any atom is 0.248 e. The van der Waals surface area contributed by atoms with Crippen LogP contribution in [0.15, 0.2) is 6.07 Å². The Balaban J connectivity index is 2.40. The highest BCUT2D eigenvalue weighted by Crippen LogP contribution is 2.33. The first kappa shape index (κ1) is 15.0. The molecule has 2 heterocycles.